The molecule has 3 unspecified atom stereocenters. The van der Waals surface area contributed by atoms with Crippen LogP contribution >= 0.6 is 0 Å². The lowest BCUT2D eigenvalue weighted by atomic mass is 10.0. The Balaban J connectivity index is 2.89. The molecule has 1 N–H and O–H groups in total. The molecule has 0 fully saturated rings. The number of benzene rings is 1. The van der Waals surface area contributed by atoms with E-state index in [1.165, 1.54) is 11.1 Å². The van der Waals surface area contributed by atoms with Gasteiger partial charge in [-0.2, -0.15) is 0 Å². The molecule has 0 bridgehead atoms. The van der Waals surface area contributed by atoms with Gasteiger partial charge < -0.3 is 5.32 Å². The molecule has 1 aromatic carbocycles. The van der Waals surface area contributed by atoms with E-state index in [-0.39, 0.29) is 11.3 Å². The SMILES string of the molecule is CCCNC(c1ccc(CC)cc1)C(C)S(=O)CC(C)C. The zero-order valence-corrected chi connectivity index (χ0v) is 15.0. The smallest absolute Gasteiger partial charge is 0.0514 e. The third-order valence-electron chi connectivity index (χ3n) is 3.74. The third kappa shape index (κ3) is 5.91. The maximum Gasteiger partial charge on any atom is 0.0514 e. The van der Waals surface area contributed by atoms with Crippen molar-refractivity contribution in [3.63, 3.8) is 0 Å². The molecule has 3 atom stereocenters. The van der Waals surface area contributed by atoms with Gasteiger partial charge in [-0.15, -0.1) is 0 Å². The maximum absolute atomic E-state index is 12.5. The van der Waals surface area contributed by atoms with Crippen molar-refractivity contribution in [2.45, 2.75) is 58.8 Å². The molecule has 1 aromatic rings. The predicted octanol–water partition coefficient (Wildman–Crippen LogP) is 4.08. The van der Waals surface area contributed by atoms with Gasteiger partial charge in [0.05, 0.1) is 5.25 Å². The van der Waals surface area contributed by atoms with Gasteiger partial charge in [0.1, 0.15) is 0 Å². The highest BCUT2D eigenvalue weighted by Gasteiger charge is 2.24. The summed E-state index contributed by atoms with van der Waals surface area (Å²) in [5.41, 5.74) is 2.61. The Kier molecular flexibility index (Phi) is 8.20. The molecule has 0 aliphatic rings. The zero-order valence-electron chi connectivity index (χ0n) is 14.2. The molecule has 120 valence electrons. The van der Waals surface area contributed by atoms with Crippen molar-refractivity contribution < 1.29 is 4.21 Å². The van der Waals surface area contributed by atoms with Crippen molar-refractivity contribution in [2.75, 3.05) is 12.3 Å². The molecule has 0 heterocycles. The molecule has 0 saturated carbocycles. The standard InChI is InChI=1S/C18H31NOS/c1-6-12-19-18(15(5)21(20)13-14(3)4)17-10-8-16(7-2)9-11-17/h8-11,14-15,18-19H,6-7,12-13H2,1-5H3. The molecule has 0 aromatic heterocycles. The van der Waals surface area contributed by atoms with Crippen molar-refractivity contribution in [3.8, 4) is 0 Å². The highest BCUT2D eigenvalue weighted by atomic mass is 32.2. The summed E-state index contributed by atoms with van der Waals surface area (Å²) in [5.74, 6) is 1.25. The molecule has 0 amide bonds. The molecule has 0 saturated heterocycles. The lowest BCUT2D eigenvalue weighted by Gasteiger charge is -2.26. The number of rotatable bonds is 9. The van der Waals surface area contributed by atoms with E-state index in [0.29, 0.717) is 5.92 Å². The molecule has 0 spiro atoms. The molecule has 1 rings (SSSR count). The highest BCUT2D eigenvalue weighted by Crippen LogP contribution is 2.22. The first-order valence-electron chi connectivity index (χ1n) is 8.18. The van der Waals surface area contributed by atoms with Crippen molar-refractivity contribution in [1.29, 1.82) is 0 Å². The summed E-state index contributed by atoms with van der Waals surface area (Å²) in [6, 6.07) is 8.93. The van der Waals surface area contributed by atoms with Gasteiger partial charge in [0, 0.05) is 22.6 Å². The first-order chi connectivity index (χ1) is 9.99. The minimum Gasteiger partial charge on any atom is -0.309 e. The Hall–Kier alpha value is -0.670. The van der Waals surface area contributed by atoms with E-state index in [1.807, 2.05) is 0 Å². The lowest BCUT2D eigenvalue weighted by molar-refractivity contribution is 0.516. The minimum atomic E-state index is -0.799. The van der Waals surface area contributed by atoms with Crippen LogP contribution in [0.2, 0.25) is 0 Å². The second kappa shape index (κ2) is 9.37. The van der Waals surface area contributed by atoms with E-state index in [1.54, 1.807) is 0 Å². The fourth-order valence-corrected chi connectivity index (χ4v) is 3.96. The zero-order chi connectivity index (χ0) is 15.8. The monoisotopic (exact) mass is 309 g/mol. The average Bonchev–Trinajstić information content (AvgIpc) is 2.47. The van der Waals surface area contributed by atoms with Crippen LogP contribution in [0.15, 0.2) is 24.3 Å². The van der Waals surface area contributed by atoms with Crippen molar-refractivity contribution in [1.82, 2.24) is 5.32 Å². The van der Waals surface area contributed by atoms with Crippen molar-refractivity contribution in [3.05, 3.63) is 35.4 Å². The second-order valence-electron chi connectivity index (χ2n) is 6.17. The Morgan fingerprint density at radius 1 is 1.10 bits per heavy atom. The molecule has 21 heavy (non-hydrogen) atoms. The van der Waals surface area contributed by atoms with E-state index in [4.69, 9.17) is 0 Å². The lowest BCUT2D eigenvalue weighted by Crippen LogP contribution is -2.35. The Labute approximate surface area is 133 Å². The molecule has 0 aliphatic carbocycles. The van der Waals surface area contributed by atoms with Gasteiger partial charge in [-0.05, 0) is 43.4 Å². The normalized spacial score (nSPS) is 15.9. The molecule has 0 radical (unpaired) electrons. The minimum absolute atomic E-state index is 0.131. The van der Waals surface area contributed by atoms with Crippen LogP contribution in [0.5, 0.6) is 0 Å². The van der Waals surface area contributed by atoms with Gasteiger partial charge in [0.25, 0.3) is 0 Å². The van der Waals surface area contributed by atoms with E-state index in [2.05, 4.69) is 64.2 Å². The second-order valence-corrected chi connectivity index (χ2v) is 8.01. The van der Waals surface area contributed by atoms with Crippen LogP contribution < -0.4 is 5.32 Å². The van der Waals surface area contributed by atoms with E-state index in [0.717, 1.165) is 25.1 Å². The largest absolute Gasteiger partial charge is 0.309 e. The van der Waals surface area contributed by atoms with Gasteiger partial charge in [-0.25, -0.2) is 0 Å². The van der Waals surface area contributed by atoms with Crippen LogP contribution in [-0.4, -0.2) is 21.8 Å². The van der Waals surface area contributed by atoms with Gasteiger partial charge in [-0.3, -0.25) is 4.21 Å². The quantitative estimate of drug-likeness (QED) is 0.744. The highest BCUT2D eigenvalue weighted by molar-refractivity contribution is 7.85. The Morgan fingerprint density at radius 2 is 1.71 bits per heavy atom. The fraction of sp³-hybridized carbons (Fsp3) is 0.667. The van der Waals surface area contributed by atoms with E-state index >= 15 is 0 Å². The summed E-state index contributed by atoms with van der Waals surface area (Å²) in [7, 11) is -0.799. The first-order valence-corrected chi connectivity index (χ1v) is 9.57. The maximum atomic E-state index is 12.5. The van der Waals surface area contributed by atoms with Gasteiger partial charge in [0.2, 0.25) is 0 Å². The topological polar surface area (TPSA) is 29.1 Å². The van der Waals surface area contributed by atoms with Crippen LogP contribution in [0.1, 0.15) is 58.2 Å². The molecular formula is C18H31NOS. The van der Waals surface area contributed by atoms with Gasteiger partial charge >= 0.3 is 0 Å². The van der Waals surface area contributed by atoms with Crippen LogP contribution in [-0.2, 0) is 17.2 Å². The van der Waals surface area contributed by atoms with Crippen molar-refractivity contribution in [2.24, 2.45) is 5.92 Å². The molecule has 0 aliphatic heterocycles. The number of hydrogen-bond donors (Lipinski definition) is 1. The summed E-state index contributed by atoms with van der Waals surface area (Å²) in [5, 5.41) is 3.71. The third-order valence-corrected chi connectivity index (χ3v) is 5.84. The van der Waals surface area contributed by atoms with E-state index < -0.39 is 10.8 Å². The summed E-state index contributed by atoms with van der Waals surface area (Å²) in [6.45, 7) is 11.7. The van der Waals surface area contributed by atoms with Gasteiger partial charge in [-0.1, -0.05) is 52.0 Å². The summed E-state index contributed by atoms with van der Waals surface area (Å²) in [4.78, 5) is 0. The summed E-state index contributed by atoms with van der Waals surface area (Å²) >= 11 is 0. The van der Waals surface area contributed by atoms with Gasteiger partial charge in [0.15, 0.2) is 0 Å². The fourth-order valence-electron chi connectivity index (χ4n) is 2.45. The van der Waals surface area contributed by atoms with Crippen LogP contribution in [0.4, 0.5) is 0 Å². The number of nitrogens with one attached hydrogen (secondary N) is 1. The molecular weight excluding hydrogens is 278 g/mol. The van der Waals surface area contributed by atoms with Crippen LogP contribution in [0, 0.1) is 5.92 Å². The van der Waals surface area contributed by atoms with E-state index in [9.17, 15) is 4.21 Å². The molecule has 3 heteroatoms. The number of hydrogen-bond acceptors (Lipinski definition) is 2. The summed E-state index contributed by atoms with van der Waals surface area (Å²) < 4.78 is 12.5. The Morgan fingerprint density at radius 3 is 2.19 bits per heavy atom. The summed E-state index contributed by atoms with van der Waals surface area (Å²) in [6.07, 6.45) is 2.15. The molecule has 2 nitrogen and oxygen atoms in total. The van der Waals surface area contributed by atoms with Crippen molar-refractivity contribution >= 4 is 10.8 Å². The Bertz CT molecular complexity index is 427. The average molecular weight is 310 g/mol. The predicted molar refractivity (Wildman–Crippen MR) is 94.2 cm³/mol. The number of aryl methyl sites for hydroxylation is 1. The van der Waals surface area contributed by atoms with Crippen LogP contribution in [0.3, 0.4) is 0 Å². The van der Waals surface area contributed by atoms with Crippen LogP contribution in [0.25, 0.3) is 0 Å². The first kappa shape index (κ1) is 18.4.